The third-order valence-corrected chi connectivity index (χ3v) is 3.59. The number of carbonyl (C=O) groups excluding carboxylic acids is 1. The van der Waals surface area contributed by atoms with Crippen LogP contribution >= 0.6 is 0 Å². The number of rotatable bonds is 3. The lowest BCUT2D eigenvalue weighted by Gasteiger charge is -2.20. The van der Waals surface area contributed by atoms with Crippen molar-refractivity contribution in [1.82, 2.24) is 9.88 Å². The van der Waals surface area contributed by atoms with Crippen molar-refractivity contribution in [3.05, 3.63) is 23.4 Å². The van der Waals surface area contributed by atoms with Crippen molar-refractivity contribution in [3.8, 4) is 0 Å². The van der Waals surface area contributed by atoms with Crippen molar-refractivity contribution in [3.63, 3.8) is 0 Å². The van der Waals surface area contributed by atoms with E-state index in [1.54, 1.807) is 18.0 Å². The summed E-state index contributed by atoms with van der Waals surface area (Å²) in [4.78, 5) is 29.3. The molecule has 1 atom stereocenters. The lowest BCUT2D eigenvalue weighted by molar-refractivity contribution is -0.127. The van der Waals surface area contributed by atoms with Crippen LogP contribution in [-0.2, 0) is 10.2 Å². The number of likely N-dealkylation sites (tertiary alicyclic amines) is 1. The molecule has 0 radical (unpaired) electrons. The van der Waals surface area contributed by atoms with E-state index < -0.39 is 5.97 Å². The molecule has 0 aromatic carbocycles. The fourth-order valence-electron chi connectivity index (χ4n) is 2.25. The summed E-state index contributed by atoms with van der Waals surface area (Å²) in [6.07, 6.45) is 0.694. The number of carboxylic acids is 1. The third-order valence-electron chi connectivity index (χ3n) is 3.59. The summed E-state index contributed by atoms with van der Waals surface area (Å²) >= 11 is 0. The highest BCUT2D eigenvalue weighted by Gasteiger charge is 2.29. The fourth-order valence-corrected chi connectivity index (χ4v) is 2.25. The Morgan fingerprint density at radius 3 is 2.57 bits per heavy atom. The first kappa shape index (κ1) is 15.3. The number of anilines is 1. The lowest BCUT2D eigenvalue weighted by atomic mass is 9.90. The van der Waals surface area contributed by atoms with Crippen LogP contribution in [0.1, 0.15) is 43.2 Å². The van der Waals surface area contributed by atoms with Crippen molar-refractivity contribution in [2.24, 2.45) is 0 Å². The minimum absolute atomic E-state index is 0.00911. The number of hydrogen-bond donors (Lipinski definition) is 2. The van der Waals surface area contributed by atoms with Crippen molar-refractivity contribution in [1.29, 1.82) is 0 Å². The number of pyridine rings is 1. The lowest BCUT2D eigenvalue weighted by Crippen LogP contribution is -2.31. The third kappa shape index (κ3) is 3.32. The smallest absolute Gasteiger partial charge is 0.335 e. The van der Waals surface area contributed by atoms with Crippen LogP contribution in [0.3, 0.4) is 0 Å². The van der Waals surface area contributed by atoms with Crippen molar-refractivity contribution in [2.45, 2.75) is 38.6 Å². The van der Waals surface area contributed by atoms with Gasteiger partial charge in [-0.3, -0.25) is 4.79 Å². The van der Waals surface area contributed by atoms with Crippen LogP contribution in [-0.4, -0.2) is 46.5 Å². The van der Waals surface area contributed by atoms with Gasteiger partial charge in [0.2, 0.25) is 5.91 Å². The number of nitrogens with zero attached hydrogens (tertiary/aromatic N) is 2. The normalized spacial score (nSPS) is 19.0. The van der Waals surface area contributed by atoms with E-state index in [0.29, 0.717) is 24.5 Å². The van der Waals surface area contributed by atoms with E-state index in [4.69, 9.17) is 0 Å². The van der Waals surface area contributed by atoms with Crippen LogP contribution < -0.4 is 5.32 Å². The number of nitrogens with one attached hydrogen (secondary N) is 1. The summed E-state index contributed by atoms with van der Waals surface area (Å²) in [6.45, 7) is 6.61. The van der Waals surface area contributed by atoms with E-state index in [0.717, 1.165) is 0 Å². The van der Waals surface area contributed by atoms with Gasteiger partial charge in [-0.15, -0.1) is 0 Å². The molecule has 1 aliphatic heterocycles. The first-order valence-corrected chi connectivity index (χ1v) is 6.96. The first-order valence-electron chi connectivity index (χ1n) is 6.96. The maximum atomic E-state index is 11.9. The average molecular weight is 291 g/mol. The summed E-state index contributed by atoms with van der Waals surface area (Å²) in [6, 6.07) is 2.72. The Bertz CT molecular complexity index is 578. The molecule has 0 saturated carbocycles. The number of aromatic nitrogens is 1. The van der Waals surface area contributed by atoms with Gasteiger partial charge >= 0.3 is 5.97 Å². The van der Waals surface area contributed by atoms with E-state index in [1.807, 2.05) is 20.8 Å². The summed E-state index contributed by atoms with van der Waals surface area (Å²) in [7, 11) is 1.76. The fraction of sp³-hybridized carbons (Fsp3) is 0.533. The number of carboxylic acid groups (broad SMARTS) is 1. The molecule has 1 fully saturated rings. The zero-order valence-electron chi connectivity index (χ0n) is 12.8. The van der Waals surface area contributed by atoms with Crippen LogP contribution in [0.2, 0.25) is 0 Å². The molecule has 2 heterocycles. The largest absolute Gasteiger partial charge is 0.478 e. The van der Waals surface area contributed by atoms with Gasteiger partial charge in [0, 0.05) is 24.7 Å². The predicted octanol–water partition coefficient (Wildman–Crippen LogP) is 1.72. The first-order chi connectivity index (χ1) is 9.68. The molecule has 2 rings (SSSR count). The molecule has 2 N–H and O–H groups in total. The maximum Gasteiger partial charge on any atom is 0.335 e. The van der Waals surface area contributed by atoms with Gasteiger partial charge in [-0.2, -0.15) is 0 Å². The van der Waals surface area contributed by atoms with Gasteiger partial charge in [-0.05, 0) is 18.6 Å². The van der Waals surface area contributed by atoms with Gasteiger partial charge in [-0.1, -0.05) is 20.8 Å². The highest BCUT2D eigenvalue weighted by atomic mass is 16.4. The molecule has 0 aliphatic carbocycles. The van der Waals surface area contributed by atoms with Crippen LogP contribution in [0.5, 0.6) is 0 Å². The van der Waals surface area contributed by atoms with Gasteiger partial charge < -0.3 is 15.3 Å². The molecule has 0 bridgehead atoms. The molecule has 1 aromatic heterocycles. The predicted molar refractivity (Wildman–Crippen MR) is 79.6 cm³/mol. The van der Waals surface area contributed by atoms with Gasteiger partial charge in [0.05, 0.1) is 5.56 Å². The molecule has 0 spiro atoms. The maximum absolute atomic E-state index is 11.9. The van der Waals surface area contributed by atoms with Gasteiger partial charge in [0.15, 0.2) is 0 Å². The summed E-state index contributed by atoms with van der Waals surface area (Å²) in [5, 5.41) is 12.3. The van der Waals surface area contributed by atoms with Gasteiger partial charge in [-0.25, -0.2) is 9.78 Å². The summed E-state index contributed by atoms with van der Waals surface area (Å²) < 4.78 is 0. The Labute approximate surface area is 124 Å². The van der Waals surface area contributed by atoms with E-state index in [9.17, 15) is 14.7 Å². The topological polar surface area (TPSA) is 82.5 Å². The molecule has 6 nitrogen and oxygen atoms in total. The molecular formula is C15H21N3O3. The second kappa shape index (κ2) is 5.35. The number of amides is 1. The van der Waals surface area contributed by atoms with Crippen molar-refractivity contribution >= 4 is 17.7 Å². The van der Waals surface area contributed by atoms with Crippen molar-refractivity contribution in [2.75, 3.05) is 18.9 Å². The SMILES string of the molecule is CN1CCC(Nc2cc(C(=O)O)cc(C(C)(C)C)n2)C1=O. The zero-order valence-corrected chi connectivity index (χ0v) is 12.8. The standard InChI is InChI=1S/C15H21N3O3/c1-15(2,3)11-7-9(14(20)21)8-12(17-11)16-10-5-6-18(4)13(10)19/h7-8,10H,5-6H2,1-4H3,(H,16,17)(H,20,21). The van der Waals surface area contributed by atoms with Crippen LogP contribution in [0.4, 0.5) is 5.82 Å². The number of likely N-dealkylation sites (N-methyl/N-ethyl adjacent to an activating group) is 1. The summed E-state index contributed by atoms with van der Waals surface area (Å²) in [5.74, 6) is -0.552. The molecule has 114 valence electrons. The quantitative estimate of drug-likeness (QED) is 0.886. The highest BCUT2D eigenvalue weighted by molar-refractivity contribution is 5.89. The average Bonchev–Trinajstić information content (AvgIpc) is 2.69. The van der Waals surface area contributed by atoms with E-state index in [-0.39, 0.29) is 22.9 Å². The second-order valence-corrected chi connectivity index (χ2v) is 6.43. The molecule has 21 heavy (non-hydrogen) atoms. The monoisotopic (exact) mass is 291 g/mol. The van der Waals surface area contributed by atoms with E-state index >= 15 is 0 Å². The Kier molecular flexibility index (Phi) is 3.89. The second-order valence-electron chi connectivity index (χ2n) is 6.43. The molecule has 6 heteroatoms. The summed E-state index contributed by atoms with van der Waals surface area (Å²) in [5.41, 5.74) is 0.596. The zero-order chi connectivity index (χ0) is 15.8. The van der Waals surface area contributed by atoms with Gasteiger partial charge in [0.1, 0.15) is 11.9 Å². The number of aromatic carboxylic acids is 1. The van der Waals surface area contributed by atoms with E-state index in [2.05, 4.69) is 10.3 Å². The minimum Gasteiger partial charge on any atom is -0.478 e. The van der Waals surface area contributed by atoms with E-state index in [1.165, 1.54) is 6.07 Å². The Hall–Kier alpha value is -2.11. The highest BCUT2D eigenvalue weighted by Crippen LogP contribution is 2.24. The van der Waals surface area contributed by atoms with Crippen LogP contribution in [0, 0.1) is 0 Å². The molecule has 1 unspecified atom stereocenters. The molecule has 1 aliphatic rings. The number of carbonyl (C=O) groups is 2. The molecular weight excluding hydrogens is 270 g/mol. The Morgan fingerprint density at radius 1 is 1.43 bits per heavy atom. The van der Waals surface area contributed by atoms with Crippen LogP contribution in [0.15, 0.2) is 12.1 Å². The molecule has 1 amide bonds. The Morgan fingerprint density at radius 2 is 2.10 bits per heavy atom. The Balaban J connectivity index is 2.33. The van der Waals surface area contributed by atoms with Crippen molar-refractivity contribution < 1.29 is 14.7 Å². The molecule has 1 aromatic rings. The van der Waals surface area contributed by atoms with Gasteiger partial charge in [0.25, 0.3) is 0 Å². The molecule has 1 saturated heterocycles. The van der Waals surface area contributed by atoms with Crippen LogP contribution in [0.25, 0.3) is 0 Å². The number of hydrogen-bond acceptors (Lipinski definition) is 4. The minimum atomic E-state index is -0.999.